The molecule has 0 aliphatic carbocycles. The van der Waals surface area contributed by atoms with Gasteiger partial charge < -0.3 is 10.6 Å². The van der Waals surface area contributed by atoms with E-state index in [0.29, 0.717) is 23.0 Å². The van der Waals surface area contributed by atoms with Gasteiger partial charge >= 0.3 is 0 Å². The van der Waals surface area contributed by atoms with E-state index in [-0.39, 0.29) is 5.91 Å². The van der Waals surface area contributed by atoms with Gasteiger partial charge in [-0.3, -0.25) is 4.79 Å². The first-order chi connectivity index (χ1) is 9.13. The highest BCUT2D eigenvalue weighted by Crippen LogP contribution is 2.22. The second-order valence-electron chi connectivity index (χ2n) is 4.44. The molecule has 5 heteroatoms. The lowest BCUT2D eigenvalue weighted by molar-refractivity contribution is -0.121. The van der Waals surface area contributed by atoms with Crippen molar-refractivity contribution >= 4 is 29.1 Å². The molecule has 0 fully saturated rings. The maximum atomic E-state index is 11.6. The van der Waals surface area contributed by atoms with Gasteiger partial charge in [-0.15, -0.1) is 0 Å². The summed E-state index contributed by atoms with van der Waals surface area (Å²) in [5, 5.41) is 7.01. The Morgan fingerprint density at radius 1 is 1.16 bits per heavy atom. The molecule has 0 radical (unpaired) electrons. The van der Waals surface area contributed by atoms with Crippen LogP contribution in [0.15, 0.2) is 18.2 Å². The third kappa shape index (κ3) is 6.81. The fourth-order valence-corrected chi connectivity index (χ4v) is 2.02. The summed E-state index contributed by atoms with van der Waals surface area (Å²) in [6.45, 7) is 1.50. The summed E-state index contributed by atoms with van der Waals surface area (Å²) in [6, 6.07) is 5.38. The maximum Gasteiger partial charge on any atom is 0.220 e. The van der Waals surface area contributed by atoms with Crippen molar-refractivity contribution in [1.82, 2.24) is 10.6 Å². The molecule has 1 amide bonds. The summed E-state index contributed by atoms with van der Waals surface area (Å²) in [6.07, 6.45) is 3.68. The van der Waals surface area contributed by atoms with E-state index in [2.05, 4.69) is 10.6 Å². The maximum absolute atomic E-state index is 11.6. The molecule has 1 aromatic carbocycles. The molecule has 3 nitrogen and oxygen atoms in total. The van der Waals surface area contributed by atoms with Gasteiger partial charge in [0.15, 0.2) is 0 Å². The first-order valence-electron chi connectivity index (χ1n) is 6.48. The minimum atomic E-state index is 0.0792. The summed E-state index contributed by atoms with van der Waals surface area (Å²) >= 11 is 11.7. The van der Waals surface area contributed by atoms with E-state index in [9.17, 15) is 4.79 Å². The zero-order chi connectivity index (χ0) is 14.1. The minimum absolute atomic E-state index is 0.0792. The van der Waals surface area contributed by atoms with Crippen LogP contribution in [0, 0.1) is 0 Å². The highest BCUT2D eigenvalue weighted by Gasteiger charge is 2.03. The minimum Gasteiger partial charge on any atom is -0.352 e. The number of nitrogens with one attached hydrogen (secondary N) is 2. The number of carbonyl (C=O) groups is 1. The van der Waals surface area contributed by atoms with Gasteiger partial charge in [-0.2, -0.15) is 0 Å². The number of rotatable bonds is 8. The van der Waals surface area contributed by atoms with Crippen LogP contribution in [0.5, 0.6) is 0 Å². The first-order valence-corrected chi connectivity index (χ1v) is 7.24. The molecule has 0 aliphatic rings. The van der Waals surface area contributed by atoms with Crippen molar-refractivity contribution in [3.8, 4) is 0 Å². The van der Waals surface area contributed by atoms with E-state index < -0.39 is 0 Å². The molecule has 0 bridgehead atoms. The molecular weight excluding hydrogens is 283 g/mol. The number of hydrogen-bond acceptors (Lipinski definition) is 2. The Bertz CT molecular complexity index is 410. The number of carbonyl (C=O) groups excluding carboxylic acids is 1. The summed E-state index contributed by atoms with van der Waals surface area (Å²) in [5.74, 6) is 0.0792. The van der Waals surface area contributed by atoms with Crippen molar-refractivity contribution in [3.05, 3.63) is 33.8 Å². The average molecular weight is 303 g/mol. The number of unbranched alkanes of at least 4 members (excludes halogenated alkanes) is 2. The van der Waals surface area contributed by atoms with Crippen LogP contribution in [0.1, 0.15) is 31.2 Å². The van der Waals surface area contributed by atoms with Crippen LogP contribution < -0.4 is 10.6 Å². The quantitative estimate of drug-likeness (QED) is 0.723. The highest BCUT2D eigenvalue weighted by atomic mass is 35.5. The lowest BCUT2D eigenvalue weighted by atomic mass is 10.2. The Kier molecular flexibility index (Phi) is 7.87. The van der Waals surface area contributed by atoms with Gasteiger partial charge in [0, 0.05) is 13.0 Å². The van der Waals surface area contributed by atoms with Crippen LogP contribution in [0.3, 0.4) is 0 Å². The molecule has 106 valence electrons. The van der Waals surface area contributed by atoms with Gasteiger partial charge in [-0.1, -0.05) is 35.7 Å². The molecular formula is C14H20Cl2N2O. The van der Waals surface area contributed by atoms with E-state index in [1.54, 1.807) is 12.1 Å². The topological polar surface area (TPSA) is 41.1 Å². The fraction of sp³-hybridized carbons (Fsp3) is 0.500. The van der Waals surface area contributed by atoms with E-state index in [4.69, 9.17) is 23.2 Å². The molecule has 0 unspecified atom stereocenters. The van der Waals surface area contributed by atoms with Gasteiger partial charge in [0.1, 0.15) is 0 Å². The van der Waals surface area contributed by atoms with Crippen molar-refractivity contribution in [2.75, 3.05) is 13.6 Å². The first kappa shape index (κ1) is 16.3. The van der Waals surface area contributed by atoms with Crippen molar-refractivity contribution in [2.24, 2.45) is 0 Å². The average Bonchev–Trinajstić information content (AvgIpc) is 2.40. The molecule has 0 saturated carbocycles. The molecule has 1 rings (SSSR count). The second-order valence-corrected chi connectivity index (χ2v) is 5.25. The third-order valence-corrected chi connectivity index (χ3v) is 3.54. The van der Waals surface area contributed by atoms with Crippen molar-refractivity contribution in [1.29, 1.82) is 0 Å². The van der Waals surface area contributed by atoms with Crippen molar-refractivity contribution < 1.29 is 4.79 Å². The second kappa shape index (κ2) is 9.18. The Morgan fingerprint density at radius 3 is 2.63 bits per heavy atom. The number of amides is 1. The lowest BCUT2D eigenvalue weighted by Gasteiger charge is -2.06. The van der Waals surface area contributed by atoms with Gasteiger partial charge in [0.2, 0.25) is 5.91 Å². The molecule has 0 spiro atoms. The fourth-order valence-electron chi connectivity index (χ4n) is 1.70. The molecule has 0 saturated heterocycles. The SMILES string of the molecule is CNCCCCCC(=O)NCc1ccc(Cl)c(Cl)c1. The van der Waals surface area contributed by atoms with E-state index in [0.717, 1.165) is 31.4 Å². The zero-order valence-electron chi connectivity index (χ0n) is 11.1. The third-order valence-electron chi connectivity index (χ3n) is 2.80. The molecule has 0 aliphatic heterocycles. The predicted octanol–water partition coefficient (Wildman–Crippen LogP) is 3.39. The molecule has 2 N–H and O–H groups in total. The molecule has 1 aromatic rings. The van der Waals surface area contributed by atoms with E-state index in [1.165, 1.54) is 0 Å². The monoisotopic (exact) mass is 302 g/mol. The smallest absolute Gasteiger partial charge is 0.220 e. The van der Waals surface area contributed by atoms with Gasteiger partial charge in [0.05, 0.1) is 10.0 Å². The Morgan fingerprint density at radius 2 is 1.95 bits per heavy atom. The van der Waals surface area contributed by atoms with Crippen molar-refractivity contribution in [2.45, 2.75) is 32.2 Å². The standard InChI is InChI=1S/C14H20Cl2N2O/c1-17-8-4-2-3-5-14(19)18-10-11-6-7-12(15)13(16)9-11/h6-7,9,17H,2-5,8,10H2,1H3,(H,18,19). The predicted molar refractivity (Wildman–Crippen MR) is 80.7 cm³/mol. The molecule has 19 heavy (non-hydrogen) atoms. The highest BCUT2D eigenvalue weighted by molar-refractivity contribution is 6.42. The molecule has 0 aromatic heterocycles. The van der Waals surface area contributed by atoms with Gasteiger partial charge in [-0.05, 0) is 44.1 Å². The zero-order valence-corrected chi connectivity index (χ0v) is 12.7. The van der Waals surface area contributed by atoms with E-state index >= 15 is 0 Å². The number of halogens is 2. The van der Waals surface area contributed by atoms with Crippen LogP contribution >= 0.6 is 23.2 Å². The summed E-state index contributed by atoms with van der Waals surface area (Å²) < 4.78 is 0. The normalized spacial score (nSPS) is 10.5. The summed E-state index contributed by atoms with van der Waals surface area (Å²) in [4.78, 5) is 11.6. The van der Waals surface area contributed by atoms with E-state index in [1.807, 2.05) is 13.1 Å². The molecule has 0 atom stereocenters. The summed E-state index contributed by atoms with van der Waals surface area (Å²) in [5.41, 5.74) is 0.956. The Hall–Kier alpha value is -0.770. The summed E-state index contributed by atoms with van der Waals surface area (Å²) in [7, 11) is 1.93. The lowest BCUT2D eigenvalue weighted by Crippen LogP contribution is -2.22. The van der Waals surface area contributed by atoms with Crippen LogP contribution in [0.25, 0.3) is 0 Å². The largest absolute Gasteiger partial charge is 0.352 e. The molecule has 0 heterocycles. The Balaban J connectivity index is 2.20. The number of hydrogen-bond donors (Lipinski definition) is 2. The Labute approximate surface area is 124 Å². The van der Waals surface area contributed by atoms with Crippen LogP contribution in [0.2, 0.25) is 10.0 Å². The van der Waals surface area contributed by atoms with Crippen LogP contribution in [-0.4, -0.2) is 19.5 Å². The van der Waals surface area contributed by atoms with Crippen LogP contribution in [0.4, 0.5) is 0 Å². The van der Waals surface area contributed by atoms with Gasteiger partial charge in [-0.25, -0.2) is 0 Å². The van der Waals surface area contributed by atoms with Gasteiger partial charge in [0.25, 0.3) is 0 Å². The number of benzene rings is 1. The van der Waals surface area contributed by atoms with Crippen LogP contribution in [-0.2, 0) is 11.3 Å². The van der Waals surface area contributed by atoms with Crippen molar-refractivity contribution in [3.63, 3.8) is 0 Å².